The molecule has 0 aliphatic carbocycles. The number of carbonyl (C=O) groups is 3. The van der Waals surface area contributed by atoms with Gasteiger partial charge in [-0.2, -0.15) is 0 Å². The monoisotopic (exact) mass is 566 g/mol. The van der Waals surface area contributed by atoms with E-state index in [1.54, 1.807) is 32.9 Å². The largest absolute Gasteiger partial charge is 0.477 e. The topological polar surface area (TPSA) is 134 Å². The fourth-order valence-electron chi connectivity index (χ4n) is 5.54. The molecule has 0 radical (unpaired) electrons. The number of nitrogens with zero attached hydrogens (tertiary/aromatic N) is 5. The number of ether oxygens (including phenoxy) is 1. The molecule has 0 bridgehead atoms. The number of benzene rings is 1. The van der Waals surface area contributed by atoms with Crippen molar-refractivity contribution >= 4 is 34.4 Å². The molecule has 1 fully saturated rings. The zero-order chi connectivity index (χ0) is 29.3. The Balaban J connectivity index is 1.40. The van der Waals surface area contributed by atoms with E-state index in [4.69, 9.17) is 4.74 Å². The van der Waals surface area contributed by atoms with Crippen LogP contribution in [0.25, 0.3) is 16.5 Å². The summed E-state index contributed by atoms with van der Waals surface area (Å²) >= 11 is 0. The SMILES string of the molecule is CC(C)(C)OC(=O)N1CCC(c2cc(C3=CCCN(C(=O)CCn4ccnn4)C3)c(F)c3[nH]c(C(=O)O)cc23)CC1. The smallest absolute Gasteiger partial charge is 0.410 e. The van der Waals surface area contributed by atoms with Crippen molar-refractivity contribution < 1.29 is 28.6 Å². The lowest BCUT2D eigenvalue weighted by molar-refractivity contribution is -0.131. The van der Waals surface area contributed by atoms with Crippen LogP contribution >= 0.6 is 0 Å². The second kappa shape index (κ2) is 11.3. The minimum absolute atomic E-state index is 0.0161. The number of rotatable bonds is 6. The highest BCUT2D eigenvalue weighted by molar-refractivity contribution is 5.97. The third-order valence-electron chi connectivity index (χ3n) is 7.58. The molecule has 0 saturated carbocycles. The lowest BCUT2D eigenvalue weighted by Crippen LogP contribution is -2.41. The van der Waals surface area contributed by atoms with Gasteiger partial charge in [0.15, 0.2) is 5.82 Å². The fraction of sp³-hybridized carbons (Fsp3) is 0.483. The minimum Gasteiger partial charge on any atom is -0.477 e. The molecule has 2 N–H and O–H groups in total. The van der Waals surface area contributed by atoms with E-state index in [0.717, 1.165) is 5.56 Å². The molecule has 5 rings (SSSR count). The Morgan fingerprint density at radius 3 is 2.56 bits per heavy atom. The van der Waals surface area contributed by atoms with Gasteiger partial charge < -0.3 is 24.6 Å². The van der Waals surface area contributed by atoms with Gasteiger partial charge in [-0.25, -0.2) is 14.0 Å². The molecule has 2 aliphatic heterocycles. The Morgan fingerprint density at radius 1 is 1.15 bits per heavy atom. The number of carboxylic acids is 1. The van der Waals surface area contributed by atoms with Crippen molar-refractivity contribution in [3.05, 3.63) is 53.2 Å². The maximum Gasteiger partial charge on any atom is 0.410 e. The number of piperidine rings is 1. The molecule has 0 unspecified atom stereocenters. The Kier molecular flexibility index (Phi) is 7.83. The van der Waals surface area contributed by atoms with Gasteiger partial charge in [0.2, 0.25) is 5.91 Å². The van der Waals surface area contributed by atoms with Gasteiger partial charge >= 0.3 is 12.1 Å². The molecule has 3 aromatic rings. The predicted octanol–water partition coefficient (Wildman–Crippen LogP) is 4.42. The normalized spacial score (nSPS) is 16.6. The van der Waals surface area contributed by atoms with Gasteiger partial charge in [0.25, 0.3) is 0 Å². The molecule has 1 saturated heterocycles. The summed E-state index contributed by atoms with van der Waals surface area (Å²) in [7, 11) is 0. The van der Waals surface area contributed by atoms with Crippen LogP contribution in [0.5, 0.6) is 0 Å². The van der Waals surface area contributed by atoms with Crippen molar-refractivity contribution in [3.8, 4) is 0 Å². The van der Waals surface area contributed by atoms with Crippen LogP contribution in [0, 0.1) is 5.82 Å². The van der Waals surface area contributed by atoms with Crippen molar-refractivity contribution in [2.75, 3.05) is 26.2 Å². The maximum atomic E-state index is 16.0. The lowest BCUT2D eigenvalue weighted by atomic mass is 9.85. The molecule has 11 nitrogen and oxygen atoms in total. The minimum atomic E-state index is -1.17. The first-order valence-electron chi connectivity index (χ1n) is 13.9. The van der Waals surface area contributed by atoms with E-state index in [1.165, 1.54) is 6.07 Å². The summed E-state index contributed by atoms with van der Waals surface area (Å²) in [6, 6.07) is 3.29. The number of halogens is 1. The van der Waals surface area contributed by atoms with Gasteiger partial charge in [-0.05, 0) is 69.2 Å². The molecule has 0 atom stereocenters. The Morgan fingerprint density at radius 2 is 1.90 bits per heavy atom. The molecule has 41 heavy (non-hydrogen) atoms. The number of aryl methyl sites for hydroxylation is 1. The highest BCUT2D eigenvalue weighted by Crippen LogP contribution is 2.38. The third-order valence-corrected chi connectivity index (χ3v) is 7.58. The van der Waals surface area contributed by atoms with Crippen molar-refractivity contribution in [2.45, 2.75) is 64.5 Å². The van der Waals surface area contributed by atoms with Crippen LogP contribution in [-0.4, -0.2) is 84.6 Å². The van der Waals surface area contributed by atoms with Crippen molar-refractivity contribution in [3.63, 3.8) is 0 Å². The van der Waals surface area contributed by atoms with Crippen LogP contribution in [0.15, 0.2) is 30.6 Å². The number of aromatic carboxylic acids is 1. The summed E-state index contributed by atoms with van der Waals surface area (Å²) in [5.41, 5.74) is 1.33. The molecule has 2 aromatic heterocycles. The standard InChI is InChI=1S/C29H35FN6O5/c1-29(2,3)41-28(40)34-11-6-18(7-12-34)20-15-21(25(30)26-22(20)16-23(32-26)27(38)39)19-5-4-10-35(17-19)24(37)8-13-36-14-9-31-33-36/h5,9,14-16,18,32H,4,6-8,10-13,17H2,1-3H3,(H,38,39). The summed E-state index contributed by atoms with van der Waals surface area (Å²) in [5, 5.41) is 17.8. The first-order chi connectivity index (χ1) is 19.5. The first-order valence-corrected chi connectivity index (χ1v) is 13.9. The number of fused-ring (bicyclic) bond motifs is 1. The average molecular weight is 567 g/mol. The summed E-state index contributed by atoms with van der Waals surface area (Å²) in [4.78, 5) is 43.5. The molecular weight excluding hydrogens is 531 g/mol. The van der Waals surface area contributed by atoms with Crippen molar-refractivity contribution in [1.29, 1.82) is 0 Å². The number of aromatic amines is 1. The van der Waals surface area contributed by atoms with Gasteiger partial charge in [0, 0.05) is 49.7 Å². The number of H-pyrrole nitrogens is 1. The quantitative estimate of drug-likeness (QED) is 0.451. The number of likely N-dealkylation sites (tertiary alicyclic amines) is 1. The molecule has 218 valence electrons. The fourth-order valence-corrected chi connectivity index (χ4v) is 5.54. The Bertz CT molecular complexity index is 1480. The molecule has 4 heterocycles. The highest BCUT2D eigenvalue weighted by Gasteiger charge is 2.31. The summed E-state index contributed by atoms with van der Waals surface area (Å²) in [6.07, 6.45) is 6.91. The number of nitrogens with one attached hydrogen (secondary N) is 1. The molecule has 2 aliphatic rings. The zero-order valence-corrected chi connectivity index (χ0v) is 23.5. The van der Waals surface area contributed by atoms with E-state index in [9.17, 15) is 19.5 Å². The summed E-state index contributed by atoms with van der Waals surface area (Å²) in [5.74, 6) is -1.78. The Labute approximate surface area is 236 Å². The summed E-state index contributed by atoms with van der Waals surface area (Å²) < 4.78 is 23.1. The zero-order valence-electron chi connectivity index (χ0n) is 23.5. The van der Waals surface area contributed by atoms with E-state index in [-0.39, 0.29) is 42.1 Å². The molecule has 0 spiro atoms. The molecule has 2 amide bonds. The van der Waals surface area contributed by atoms with E-state index in [2.05, 4.69) is 15.3 Å². The van der Waals surface area contributed by atoms with Crippen LogP contribution in [0.2, 0.25) is 0 Å². The van der Waals surface area contributed by atoms with Crippen molar-refractivity contribution in [1.82, 2.24) is 29.8 Å². The predicted molar refractivity (Wildman–Crippen MR) is 149 cm³/mol. The molecule has 12 heteroatoms. The van der Waals surface area contributed by atoms with Gasteiger partial charge in [-0.3, -0.25) is 9.48 Å². The van der Waals surface area contributed by atoms with Crippen molar-refractivity contribution in [2.24, 2.45) is 0 Å². The van der Waals surface area contributed by atoms with E-state index in [1.807, 2.05) is 26.8 Å². The maximum absolute atomic E-state index is 16.0. The number of carbonyl (C=O) groups excluding carboxylic acids is 2. The van der Waals surface area contributed by atoms with Crippen LogP contribution in [0.1, 0.15) is 74.0 Å². The highest BCUT2D eigenvalue weighted by atomic mass is 19.1. The number of amides is 2. The summed E-state index contributed by atoms with van der Waals surface area (Å²) in [6.45, 7) is 7.61. The van der Waals surface area contributed by atoms with E-state index >= 15 is 4.39 Å². The lowest BCUT2D eigenvalue weighted by Gasteiger charge is -2.34. The molecule has 1 aromatic carbocycles. The van der Waals surface area contributed by atoms with Gasteiger partial charge in [-0.15, -0.1) is 5.10 Å². The number of aromatic nitrogens is 4. The number of hydrogen-bond acceptors (Lipinski definition) is 6. The third kappa shape index (κ3) is 6.26. The van der Waals surface area contributed by atoms with Crippen LogP contribution < -0.4 is 0 Å². The Hall–Kier alpha value is -4.22. The van der Waals surface area contributed by atoms with Gasteiger partial charge in [0.1, 0.15) is 11.3 Å². The number of carboxylic acid groups (broad SMARTS) is 1. The second-order valence-electron chi connectivity index (χ2n) is 11.6. The van der Waals surface area contributed by atoms with E-state index < -0.39 is 17.4 Å². The second-order valence-corrected chi connectivity index (χ2v) is 11.6. The van der Waals surface area contributed by atoms with Crippen LogP contribution in [0.4, 0.5) is 9.18 Å². The van der Waals surface area contributed by atoms with E-state index in [0.29, 0.717) is 62.0 Å². The van der Waals surface area contributed by atoms with Gasteiger partial charge in [0.05, 0.1) is 18.3 Å². The average Bonchev–Trinajstić information content (AvgIpc) is 3.62. The van der Waals surface area contributed by atoms with Crippen LogP contribution in [0.3, 0.4) is 0 Å². The van der Waals surface area contributed by atoms with Gasteiger partial charge in [-0.1, -0.05) is 11.3 Å². The van der Waals surface area contributed by atoms with Crippen LogP contribution in [-0.2, 0) is 16.1 Å². The molecular formula is C29H35FN6O5. The first kappa shape index (κ1) is 28.3. The number of hydrogen-bond donors (Lipinski definition) is 2.